The molecule has 1 aromatic rings. The van der Waals surface area contributed by atoms with Crippen LogP contribution in [-0.2, 0) is 0 Å². The van der Waals surface area contributed by atoms with E-state index < -0.39 is 7.12 Å². The van der Waals surface area contributed by atoms with Gasteiger partial charge in [0, 0.05) is 18.8 Å². The van der Waals surface area contributed by atoms with Gasteiger partial charge in [-0.3, -0.25) is 0 Å². The lowest BCUT2D eigenvalue weighted by Crippen LogP contribution is -2.32. The van der Waals surface area contributed by atoms with E-state index in [1.807, 2.05) is 12.1 Å². The first kappa shape index (κ1) is 13.4. The molecule has 16 heavy (non-hydrogen) atoms. The normalized spacial score (nSPS) is 15.5. The molecule has 0 atom stereocenters. The molecular weight excluding hydrogens is 224 g/mol. The molecule has 0 aromatic heterocycles. The zero-order chi connectivity index (χ0) is 10.7. The smallest absolute Gasteiger partial charge is 0.423 e. The van der Waals surface area contributed by atoms with Crippen LogP contribution in [0.1, 0.15) is 19.3 Å². The third-order valence-electron chi connectivity index (χ3n) is 2.91. The second-order valence-electron chi connectivity index (χ2n) is 4.01. The van der Waals surface area contributed by atoms with Crippen LogP contribution in [0.2, 0.25) is 0 Å². The van der Waals surface area contributed by atoms with Crippen LogP contribution >= 0.6 is 12.4 Å². The lowest BCUT2D eigenvalue weighted by Gasteiger charge is -2.28. The summed E-state index contributed by atoms with van der Waals surface area (Å²) in [6.07, 6.45) is 3.83. The van der Waals surface area contributed by atoms with Crippen LogP contribution in [0.4, 0.5) is 5.69 Å². The Labute approximate surface area is 103 Å². The molecule has 1 heterocycles. The Morgan fingerprint density at radius 2 is 1.50 bits per heavy atom. The first-order chi connectivity index (χ1) is 7.27. The highest BCUT2D eigenvalue weighted by atomic mass is 35.5. The number of anilines is 1. The molecule has 1 aliphatic rings. The van der Waals surface area contributed by atoms with Crippen LogP contribution < -0.4 is 10.4 Å². The average Bonchev–Trinajstić information content (AvgIpc) is 2.30. The highest BCUT2D eigenvalue weighted by Gasteiger charge is 2.13. The zero-order valence-corrected chi connectivity index (χ0v) is 9.99. The monoisotopic (exact) mass is 241 g/mol. The van der Waals surface area contributed by atoms with Crippen molar-refractivity contribution < 1.29 is 10.0 Å². The van der Waals surface area contributed by atoms with Crippen molar-refractivity contribution in [3.8, 4) is 0 Å². The van der Waals surface area contributed by atoms with Gasteiger partial charge in [-0.05, 0) is 36.9 Å². The summed E-state index contributed by atoms with van der Waals surface area (Å²) in [5.41, 5.74) is 1.73. The van der Waals surface area contributed by atoms with Gasteiger partial charge in [-0.25, -0.2) is 0 Å². The summed E-state index contributed by atoms with van der Waals surface area (Å²) in [6, 6.07) is 7.46. The van der Waals surface area contributed by atoms with Gasteiger partial charge in [0.2, 0.25) is 0 Å². The third kappa shape index (κ3) is 3.14. The minimum Gasteiger partial charge on any atom is -0.423 e. The number of hydrogen-bond donors (Lipinski definition) is 2. The predicted molar refractivity (Wildman–Crippen MR) is 69.6 cm³/mol. The molecular formula is C11H17BClNO2. The lowest BCUT2D eigenvalue weighted by atomic mass is 9.80. The molecule has 0 saturated carbocycles. The molecule has 2 rings (SSSR count). The quantitative estimate of drug-likeness (QED) is 0.752. The highest BCUT2D eigenvalue weighted by molar-refractivity contribution is 6.58. The highest BCUT2D eigenvalue weighted by Crippen LogP contribution is 2.18. The van der Waals surface area contributed by atoms with Gasteiger partial charge in [-0.2, -0.15) is 0 Å². The first-order valence-corrected chi connectivity index (χ1v) is 5.48. The molecule has 0 radical (unpaired) electrons. The predicted octanol–water partition coefficient (Wildman–Crippen LogP) is 0.778. The van der Waals surface area contributed by atoms with Crippen molar-refractivity contribution in [2.45, 2.75) is 19.3 Å². The van der Waals surface area contributed by atoms with Gasteiger partial charge in [0.1, 0.15) is 0 Å². The topological polar surface area (TPSA) is 43.7 Å². The molecule has 2 N–H and O–H groups in total. The fourth-order valence-electron chi connectivity index (χ4n) is 2.01. The average molecular weight is 242 g/mol. The maximum atomic E-state index is 8.97. The second-order valence-corrected chi connectivity index (χ2v) is 4.01. The maximum Gasteiger partial charge on any atom is 0.488 e. The van der Waals surface area contributed by atoms with Gasteiger partial charge in [0.25, 0.3) is 0 Å². The van der Waals surface area contributed by atoms with E-state index in [4.69, 9.17) is 10.0 Å². The summed E-state index contributed by atoms with van der Waals surface area (Å²) < 4.78 is 0. The Balaban J connectivity index is 0.00000128. The molecule has 5 heteroatoms. The molecule has 1 fully saturated rings. The molecule has 0 aliphatic carbocycles. The van der Waals surface area contributed by atoms with E-state index in [0.717, 1.165) is 13.1 Å². The van der Waals surface area contributed by atoms with Gasteiger partial charge in [-0.15, -0.1) is 12.4 Å². The van der Waals surface area contributed by atoms with Crippen molar-refractivity contribution in [2.24, 2.45) is 0 Å². The maximum absolute atomic E-state index is 8.97. The van der Waals surface area contributed by atoms with Crippen LogP contribution in [0.5, 0.6) is 0 Å². The van der Waals surface area contributed by atoms with E-state index in [1.54, 1.807) is 12.1 Å². The Hall–Kier alpha value is -0.705. The largest absolute Gasteiger partial charge is 0.488 e. The lowest BCUT2D eigenvalue weighted by molar-refractivity contribution is 0.426. The van der Waals surface area contributed by atoms with Crippen molar-refractivity contribution in [1.82, 2.24) is 0 Å². The zero-order valence-electron chi connectivity index (χ0n) is 9.17. The van der Waals surface area contributed by atoms with Crippen LogP contribution in [0.3, 0.4) is 0 Å². The third-order valence-corrected chi connectivity index (χ3v) is 2.91. The molecule has 3 nitrogen and oxygen atoms in total. The molecule has 0 spiro atoms. The van der Waals surface area contributed by atoms with Crippen LogP contribution in [0.25, 0.3) is 0 Å². The fraction of sp³-hybridized carbons (Fsp3) is 0.455. The van der Waals surface area contributed by atoms with Crippen molar-refractivity contribution in [2.75, 3.05) is 18.0 Å². The molecule has 0 unspecified atom stereocenters. The Morgan fingerprint density at radius 1 is 0.938 bits per heavy atom. The van der Waals surface area contributed by atoms with E-state index in [1.165, 1.54) is 24.9 Å². The fourth-order valence-corrected chi connectivity index (χ4v) is 2.01. The van der Waals surface area contributed by atoms with Gasteiger partial charge in [-0.1, -0.05) is 12.1 Å². The number of nitrogens with zero attached hydrogens (tertiary/aromatic N) is 1. The van der Waals surface area contributed by atoms with E-state index in [-0.39, 0.29) is 12.4 Å². The number of piperidine rings is 1. The summed E-state index contributed by atoms with van der Waals surface area (Å²) in [7, 11) is -1.36. The van der Waals surface area contributed by atoms with Gasteiger partial charge >= 0.3 is 7.12 Å². The second kappa shape index (κ2) is 6.13. The van der Waals surface area contributed by atoms with E-state index in [2.05, 4.69) is 4.90 Å². The molecule has 1 saturated heterocycles. The molecule has 1 aromatic carbocycles. The van der Waals surface area contributed by atoms with E-state index in [0.29, 0.717) is 5.46 Å². The van der Waals surface area contributed by atoms with Crippen molar-refractivity contribution in [3.05, 3.63) is 24.3 Å². The number of rotatable bonds is 2. The summed E-state index contributed by atoms with van der Waals surface area (Å²) in [6.45, 7) is 2.22. The molecule has 1 aliphatic heterocycles. The summed E-state index contributed by atoms with van der Waals surface area (Å²) in [5, 5.41) is 17.9. The Bertz CT molecular complexity index is 312. The molecule has 0 amide bonds. The Kier molecular flexibility index (Phi) is 5.12. The SMILES string of the molecule is Cl.OB(O)c1ccc(N2CCCCC2)cc1. The number of hydrogen-bond acceptors (Lipinski definition) is 3. The Morgan fingerprint density at radius 3 is 2.00 bits per heavy atom. The first-order valence-electron chi connectivity index (χ1n) is 5.48. The van der Waals surface area contributed by atoms with Crippen LogP contribution in [0, 0.1) is 0 Å². The summed E-state index contributed by atoms with van der Waals surface area (Å²) >= 11 is 0. The van der Waals surface area contributed by atoms with Crippen LogP contribution in [0.15, 0.2) is 24.3 Å². The van der Waals surface area contributed by atoms with E-state index >= 15 is 0 Å². The number of benzene rings is 1. The molecule has 0 bridgehead atoms. The van der Waals surface area contributed by atoms with Crippen molar-refractivity contribution >= 4 is 30.7 Å². The minimum atomic E-state index is -1.36. The van der Waals surface area contributed by atoms with E-state index in [9.17, 15) is 0 Å². The standard InChI is InChI=1S/C11H16BNO2.ClH/c14-12(15)10-4-6-11(7-5-10)13-8-2-1-3-9-13;/h4-7,14-15H,1-3,8-9H2;1H. The summed E-state index contributed by atoms with van der Waals surface area (Å²) in [4.78, 5) is 2.34. The van der Waals surface area contributed by atoms with Gasteiger partial charge in [0.15, 0.2) is 0 Å². The van der Waals surface area contributed by atoms with Gasteiger partial charge in [0.05, 0.1) is 0 Å². The summed E-state index contributed by atoms with van der Waals surface area (Å²) in [5.74, 6) is 0. The van der Waals surface area contributed by atoms with Crippen LogP contribution in [-0.4, -0.2) is 30.3 Å². The van der Waals surface area contributed by atoms with Crippen molar-refractivity contribution in [3.63, 3.8) is 0 Å². The molecule has 88 valence electrons. The minimum absolute atomic E-state index is 0. The number of halogens is 1. The van der Waals surface area contributed by atoms with Gasteiger partial charge < -0.3 is 14.9 Å². The van der Waals surface area contributed by atoms with Crippen molar-refractivity contribution in [1.29, 1.82) is 0 Å².